The average molecular weight is 284 g/mol. The Bertz CT molecular complexity index is 716. The number of hydrogen-bond acceptors (Lipinski definition) is 3. The van der Waals surface area contributed by atoms with Crippen LogP contribution in [0.4, 0.5) is 4.39 Å². The number of nitriles is 1. The lowest BCUT2D eigenvalue weighted by molar-refractivity contribution is -0.127. The Morgan fingerprint density at radius 2 is 2.10 bits per heavy atom. The van der Waals surface area contributed by atoms with Crippen LogP contribution in [0.5, 0.6) is 0 Å². The fourth-order valence-electron chi connectivity index (χ4n) is 2.67. The van der Waals surface area contributed by atoms with E-state index in [9.17, 15) is 14.4 Å². The number of nitrogens with zero attached hydrogens (tertiary/aromatic N) is 4. The Balaban J connectivity index is 1.93. The van der Waals surface area contributed by atoms with E-state index in [0.717, 1.165) is 11.3 Å². The molecule has 1 aromatic carbocycles. The Morgan fingerprint density at radius 1 is 1.38 bits per heavy atom. The van der Waals surface area contributed by atoms with Crippen LogP contribution in [-0.4, -0.2) is 27.6 Å². The van der Waals surface area contributed by atoms with Gasteiger partial charge in [-0.15, -0.1) is 0 Å². The zero-order chi connectivity index (χ0) is 15.0. The van der Waals surface area contributed by atoms with Crippen LogP contribution in [0.25, 0.3) is 5.69 Å². The molecule has 1 aromatic heterocycles. The molecule has 0 unspecified atom stereocenters. The smallest absolute Gasteiger partial charge is 0.224 e. The highest BCUT2D eigenvalue weighted by molar-refractivity contribution is 5.79. The van der Waals surface area contributed by atoms with E-state index in [2.05, 4.69) is 11.2 Å². The fraction of sp³-hybridized carbons (Fsp3) is 0.267. The second-order valence-electron chi connectivity index (χ2n) is 5.08. The minimum Gasteiger partial charge on any atom is -0.337 e. The van der Waals surface area contributed by atoms with E-state index in [1.165, 1.54) is 12.1 Å². The molecule has 2 aromatic rings. The van der Waals surface area contributed by atoms with Gasteiger partial charge in [-0.2, -0.15) is 10.4 Å². The van der Waals surface area contributed by atoms with Gasteiger partial charge in [0.25, 0.3) is 0 Å². The van der Waals surface area contributed by atoms with Crippen LogP contribution in [0.1, 0.15) is 18.0 Å². The van der Waals surface area contributed by atoms with Gasteiger partial charge >= 0.3 is 0 Å². The van der Waals surface area contributed by atoms with Crippen molar-refractivity contribution >= 4 is 5.91 Å². The molecular formula is C15H13FN4O. The summed E-state index contributed by atoms with van der Waals surface area (Å²) in [4.78, 5) is 13.3. The van der Waals surface area contributed by atoms with Gasteiger partial charge in [-0.3, -0.25) is 4.79 Å². The second-order valence-corrected chi connectivity index (χ2v) is 5.08. The number of carbonyl (C=O) groups is 1. The Hall–Kier alpha value is -2.68. The van der Waals surface area contributed by atoms with E-state index in [0.29, 0.717) is 0 Å². The lowest BCUT2D eigenvalue weighted by Crippen LogP contribution is -2.23. The third-order valence-electron chi connectivity index (χ3n) is 3.79. The summed E-state index contributed by atoms with van der Waals surface area (Å²) in [5.74, 6) is -0.716. The van der Waals surface area contributed by atoms with Crippen molar-refractivity contribution in [2.45, 2.75) is 12.5 Å². The predicted molar refractivity (Wildman–Crippen MR) is 72.8 cm³/mol. The van der Waals surface area contributed by atoms with Gasteiger partial charge < -0.3 is 4.90 Å². The van der Waals surface area contributed by atoms with Crippen molar-refractivity contribution in [3.8, 4) is 11.8 Å². The maximum Gasteiger partial charge on any atom is 0.224 e. The molecular weight excluding hydrogens is 271 g/mol. The first-order valence-corrected chi connectivity index (χ1v) is 6.56. The maximum atomic E-state index is 12.9. The average Bonchev–Trinajstić information content (AvgIpc) is 3.05. The largest absolute Gasteiger partial charge is 0.337 e. The maximum absolute atomic E-state index is 12.9. The lowest BCUT2D eigenvalue weighted by atomic mass is 9.97. The third-order valence-corrected chi connectivity index (χ3v) is 3.79. The molecule has 1 fully saturated rings. The number of benzene rings is 1. The fourth-order valence-corrected chi connectivity index (χ4v) is 2.67. The number of rotatable bonds is 2. The van der Waals surface area contributed by atoms with Crippen LogP contribution >= 0.6 is 0 Å². The first kappa shape index (κ1) is 13.3. The summed E-state index contributed by atoms with van der Waals surface area (Å²) in [5.41, 5.74) is 1.53. The highest BCUT2D eigenvalue weighted by Gasteiger charge is 2.39. The van der Waals surface area contributed by atoms with Crippen LogP contribution in [0.2, 0.25) is 0 Å². The number of aromatic nitrogens is 2. The number of hydrogen-bond donors (Lipinski definition) is 0. The SMILES string of the molecule is CN1C(=O)C[C@H](C#N)[C@@H]1c1cnn(-c2ccc(F)cc2)c1. The van der Waals surface area contributed by atoms with Gasteiger partial charge in [0.1, 0.15) is 5.82 Å². The van der Waals surface area contributed by atoms with Crippen molar-refractivity contribution in [1.82, 2.24) is 14.7 Å². The van der Waals surface area contributed by atoms with Crippen LogP contribution in [0.15, 0.2) is 36.7 Å². The molecule has 0 radical (unpaired) electrons. The monoisotopic (exact) mass is 284 g/mol. The van der Waals surface area contributed by atoms with Crippen LogP contribution < -0.4 is 0 Å². The van der Waals surface area contributed by atoms with Crippen molar-refractivity contribution in [2.24, 2.45) is 5.92 Å². The topological polar surface area (TPSA) is 61.9 Å². The second kappa shape index (κ2) is 5.02. The van der Waals surface area contributed by atoms with Crippen molar-refractivity contribution in [3.05, 3.63) is 48.0 Å². The summed E-state index contributed by atoms with van der Waals surface area (Å²) >= 11 is 0. The molecule has 1 amide bonds. The van der Waals surface area contributed by atoms with Crippen LogP contribution in [0, 0.1) is 23.1 Å². The quantitative estimate of drug-likeness (QED) is 0.848. The van der Waals surface area contributed by atoms with E-state index < -0.39 is 0 Å². The summed E-state index contributed by atoms with van der Waals surface area (Å²) < 4.78 is 14.5. The lowest BCUT2D eigenvalue weighted by Gasteiger charge is -2.20. The molecule has 6 heteroatoms. The standard InChI is InChI=1S/C15H13FN4O/c1-19-14(21)6-10(7-17)15(19)11-8-18-20(9-11)13-4-2-12(16)3-5-13/h2-5,8-10,15H,6H2,1H3/t10-,15-/m1/s1. The van der Waals surface area contributed by atoms with E-state index in [1.807, 2.05) is 0 Å². The van der Waals surface area contributed by atoms with Gasteiger partial charge in [0.15, 0.2) is 0 Å². The summed E-state index contributed by atoms with van der Waals surface area (Å²) in [5, 5.41) is 13.4. The molecule has 1 aliphatic rings. The number of likely N-dealkylation sites (tertiary alicyclic amines) is 1. The van der Waals surface area contributed by atoms with Crippen molar-refractivity contribution in [3.63, 3.8) is 0 Å². The molecule has 0 spiro atoms. The number of carbonyl (C=O) groups excluding carboxylic acids is 1. The van der Waals surface area contributed by atoms with E-state index in [1.54, 1.807) is 41.2 Å². The third kappa shape index (κ3) is 2.27. The van der Waals surface area contributed by atoms with Crippen molar-refractivity contribution in [1.29, 1.82) is 5.26 Å². The van der Waals surface area contributed by atoms with Crippen molar-refractivity contribution in [2.75, 3.05) is 7.05 Å². The first-order valence-electron chi connectivity index (χ1n) is 6.56. The van der Waals surface area contributed by atoms with Gasteiger partial charge in [-0.25, -0.2) is 9.07 Å². The zero-order valence-electron chi connectivity index (χ0n) is 11.4. The van der Waals surface area contributed by atoms with Crippen LogP contribution in [0.3, 0.4) is 0 Å². The van der Waals surface area contributed by atoms with Gasteiger partial charge in [0, 0.05) is 25.2 Å². The molecule has 0 N–H and O–H groups in total. The van der Waals surface area contributed by atoms with E-state index >= 15 is 0 Å². The zero-order valence-corrected chi connectivity index (χ0v) is 11.4. The summed E-state index contributed by atoms with van der Waals surface area (Å²) in [6.45, 7) is 0. The summed E-state index contributed by atoms with van der Waals surface area (Å²) in [7, 11) is 1.69. The van der Waals surface area contributed by atoms with Crippen LogP contribution in [-0.2, 0) is 4.79 Å². The molecule has 106 valence electrons. The highest BCUT2D eigenvalue weighted by Crippen LogP contribution is 2.36. The Labute approximate surface area is 121 Å². The van der Waals surface area contributed by atoms with Crippen molar-refractivity contribution < 1.29 is 9.18 Å². The summed E-state index contributed by atoms with van der Waals surface area (Å²) in [6.07, 6.45) is 3.66. The number of amides is 1. The Morgan fingerprint density at radius 3 is 2.76 bits per heavy atom. The van der Waals surface area contributed by atoms with E-state index in [-0.39, 0.29) is 30.1 Å². The molecule has 2 atom stereocenters. The summed E-state index contributed by atoms with van der Waals surface area (Å²) in [6, 6.07) is 7.87. The molecule has 21 heavy (non-hydrogen) atoms. The molecule has 2 heterocycles. The minimum atomic E-state index is -0.367. The van der Waals surface area contributed by atoms with Gasteiger partial charge in [-0.05, 0) is 24.3 Å². The van der Waals surface area contributed by atoms with Gasteiger partial charge in [-0.1, -0.05) is 0 Å². The Kier molecular flexibility index (Phi) is 3.18. The molecule has 3 rings (SSSR count). The normalized spacial score (nSPS) is 21.6. The molecule has 0 aliphatic carbocycles. The molecule has 5 nitrogen and oxygen atoms in total. The molecule has 1 saturated heterocycles. The first-order chi connectivity index (χ1) is 10.1. The predicted octanol–water partition coefficient (Wildman–Crippen LogP) is 2.05. The van der Waals surface area contributed by atoms with Gasteiger partial charge in [0.2, 0.25) is 5.91 Å². The number of halogens is 1. The molecule has 0 saturated carbocycles. The highest BCUT2D eigenvalue weighted by atomic mass is 19.1. The molecule has 1 aliphatic heterocycles. The molecule has 0 bridgehead atoms. The minimum absolute atomic E-state index is 0.0407. The van der Waals surface area contributed by atoms with Gasteiger partial charge in [0.05, 0.1) is 29.9 Å². The van der Waals surface area contributed by atoms with E-state index in [4.69, 9.17) is 0 Å².